The van der Waals surface area contributed by atoms with Crippen molar-refractivity contribution in [3.8, 4) is 0 Å². The molecule has 1 aromatic carbocycles. The Morgan fingerprint density at radius 1 is 1.17 bits per heavy atom. The molecule has 0 aliphatic heterocycles. The van der Waals surface area contributed by atoms with Gasteiger partial charge in [-0.3, -0.25) is 0 Å². The standard InChI is InChI=1S/C13H20O4S/c1-4-6-13(16-5-2)17-18(14,15)12-9-7-11(3)8-10-12/h7-10,13H,4-6H2,1-3H3. The molecule has 1 unspecified atom stereocenters. The lowest BCUT2D eigenvalue weighted by atomic mass is 10.2. The average Bonchev–Trinajstić information content (AvgIpc) is 2.29. The van der Waals surface area contributed by atoms with Crippen molar-refractivity contribution in [2.75, 3.05) is 6.61 Å². The van der Waals surface area contributed by atoms with Crippen LogP contribution in [0.25, 0.3) is 0 Å². The zero-order valence-corrected chi connectivity index (χ0v) is 11.9. The summed E-state index contributed by atoms with van der Waals surface area (Å²) < 4.78 is 34.4. The van der Waals surface area contributed by atoms with E-state index in [1.165, 1.54) is 0 Å². The van der Waals surface area contributed by atoms with Gasteiger partial charge in [0.25, 0.3) is 10.1 Å². The maximum atomic E-state index is 12.0. The van der Waals surface area contributed by atoms with Crippen LogP contribution in [0.5, 0.6) is 0 Å². The van der Waals surface area contributed by atoms with Gasteiger partial charge in [0.1, 0.15) is 0 Å². The Bertz CT molecular complexity index is 444. The smallest absolute Gasteiger partial charge is 0.299 e. The average molecular weight is 272 g/mol. The van der Waals surface area contributed by atoms with Crippen molar-refractivity contribution in [3.05, 3.63) is 29.8 Å². The first kappa shape index (κ1) is 15.1. The highest BCUT2D eigenvalue weighted by Gasteiger charge is 2.21. The lowest BCUT2D eigenvalue weighted by Crippen LogP contribution is -2.21. The molecule has 4 nitrogen and oxygen atoms in total. The van der Waals surface area contributed by atoms with Gasteiger partial charge in [0.15, 0.2) is 6.29 Å². The van der Waals surface area contributed by atoms with E-state index < -0.39 is 16.4 Å². The summed E-state index contributed by atoms with van der Waals surface area (Å²) in [7, 11) is -3.75. The summed E-state index contributed by atoms with van der Waals surface area (Å²) in [6.45, 7) is 6.09. The third-order valence-corrected chi connectivity index (χ3v) is 3.74. The van der Waals surface area contributed by atoms with Gasteiger partial charge in [0.05, 0.1) is 4.90 Å². The van der Waals surface area contributed by atoms with Crippen LogP contribution < -0.4 is 0 Å². The van der Waals surface area contributed by atoms with E-state index in [1.54, 1.807) is 24.3 Å². The largest absolute Gasteiger partial charge is 0.352 e. The topological polar surface area (TPSA) is 52.6 Å². The number of benzene rings is 1. The highest BCUT2D eigenvalue weighted by Crippen LogP contribution is 2.17. The van der Waals surface area contributed by atoms with Gasteiger partial charge in [0, 0.05) is 6.61 Å². The van der Waals surface area contributed by atoms with E-state index in [9.17, 15) is 8.42 Å². The molecule has 0 amide bonds. The summed E-state index contributed by atoms with van der Waals surface area (Å²) in [5.74, 6) is 0. The highest BCUT2D eigenvalue weighted by molar-refractivity contribution is 7.86. The molecule has 0 heterocycles. The second-order valence-electron chi connectivity index (χ2n) is 4.04. The zero-order chi connectivity index (χ0) is 13.6. The summed E-state index contributed by atoms with van der Waals surface area (Å²) in [5, 5.41) is 0. The van der Waals surface area contributed by atoms with E-state index in [1.807, 2.05) is 20.8 Å². The van der Waals surface area contributed by atoms with Gasteiger partial charge in [-0.05, 0) is 32.4 Å². The molecule has 0 saturated heterocycles. The maximum Gasteiger partial charge on any atom is 0.299 e. The van der Waals surface area contributed by atoms with E-state index in [-0.39, 0.29) is 4.90 Å². The molecular formula is C13H20O4S. The summed E-state index contributed by atoms with van der Waals surface area (Å²) in [6.07, 6.45) is 0.652. The molecule has 5 heteroatoms. The van der Waals surface area contributed by atoms with Crippen LogP contribution in [0.3, 0.4) is 0 Å². The molecule has 0 bridgehead atoms. The molecule has 0 aromatic heterocycles. The SMILES string of the molecule is CCCC(OCC)OS(=O)(=O)c1ccc(C)cc1. The number of hydrogen-bond acceptors (Lipinski definition) is 4. The number of rotatable bonds is 7. The Morgan fingerprint density at radius 3 is 2.28 bits per heavy atom. The van der Waals surface area contributed by atoms with Crippen LogP contribution in [-0.2, 0) is 19.0 Å². The lowest BCUT2D eigenvalue weighted by Gasteiger charge is -2.16. The van der Waals surface area contributed by atoms with E-state index in [4.69, 9.17) is 8.92 Å². The Balaban J connectivity index is 2.82. The van der Waals surface area contributed by atoms with Gasteiger partial charge in [0.2, 0.25) is 0 Å². The maximum absolute atomic E-state index is 12.0. The van der Waals surface area contributed by atoms with Gasteiger partial charge < -0.3 is 4.74 Å². The van der Waals surface area contributed by atoms with Gasteiger partial charge in [-0.1, -0.05) is 31.0 Å². The van der Waals surface area contributed by atoms with E-state index in [2.05, 4.69) is 0 Å². The van der Waals surface area contributed by atoms with Gasteiger partial charge in [-0.25, -0.2) is 4.18 Å². The van der Waals surface area contributed by atoms with E-state index in [0.717, 1.165) is 12.0 Å². The Kier molecular flexibility index (Phi) is 5.78. The number of hydrogen-bond donors (Lipinski definition) is 0. The molecule has 0 aliphatic carbocycles. The minimum Gasteiger partial charge on any atom is -0.352 e. The van der Waals surface area contributed by atoms with Crippen molar-refractivity contribution in [2.45, 2.75) is 44.8 Å². The normalized spacial score (nSPS) is 13.5. The fourth-order valence-corrected chi connectivity index (χ4v) is 2.50. The first-order valence-electron chi connectivity index (χ1n) is 6.11. The number of aryl methyl sites for hydroxylation is 1. The van der Waals surface area contributed by atoms with Crippen LogP contribution in [0, 0.1) is 6.92 Å². The van der Waals surface area contributed by atoms with Gasteiger partial charge in [-0.15, -0.1) is 0 Å². The fourth-order valence-electron chi connectivity index (χ4n) is 1.48. The Hall–Kier alpha value is -0.910. The fraction of sp³-hybridized carbons (Fsp3) is 0.538. The third kappa shape index (κ3) is 4.40. The van der Waals surface area contributed by atoms with Crippen molar-refractivity contribution in [2.24, 2.45) is 0 Å². The van der Waals surface area contributed by atoms with Crippen molar-refractivity contribution in [3.63, 3.8) is 0 Å². The van der Waals surface area contributed by atoms with Crippen LogP contribution in [0.4, 0.5) is 0 Å². The summed E-state index contributed by atoms with van der Waals surface area (Å²) in [6, 6.07) is 6.57. The first-order valence-corrected chi connectivity index (χ1v) is 7.52. The molecule has 1 rings (SSSR count). The molecule has 1 atom stereocenters. The first-order chi connectivity index (χ1) is 8.49. The predicted octanol–water partition coefficient (Wildman–Crippen LogP) is 2.86. The van der Waals surface area contributed by atoms with Gasteiger partial charge >= 0.3 is 0 Å². The van der Waals surface area contributed by atoms with E-state index >= 15 is 0 Å². The van der Waals surface area contributed by atoms with Crippen LogP contribution >= 0.6 is 0 Å². The van der Waals surface area contributed by atoms with Crippen LogP contribution in [0.1, 0.15) is 32.3 Å². The molecule has 102 valence electrons. The highest BCUT2D eigenvalue weighted by atomic mass is 32.2. The molecule has 1 aromatic rings. The van der Waals surface area contributed by atoms with Crippen LogP contribution in [0.2, 0.25) is 0 Å². The minimum atomic E-state index is -3.75. The molecule has 0 radical (unpaired) electrons. The molecule has 18 heavy (non-hydrogen) atoms. The zero-order valence-electron chi connectivity index (χ0n) is 11.0. The Labute approximate surface area is 109 Å². The van der Waals surface area contributed by atoms with Crippen molar-refractivity contribution in [1.29, 1.82) is 0 Å². The second kappa shape index (κ2) is 6.87. The van der Waals surface area contributed by atoms with Crippen LogP contribution in [-0.4, -0.2) is 21.3 Å². The molecule has 0 saturated carbocycles. The molecular weight excluding hydrogens is 252 g/mol. The molecule has 0 spiro atoms. The molecule has 0 fully saturated rings. The molecule has 0 N–H and O–H groups in total. The third-order valence-electron chi connectivity index (χ3n) is 2.42. The van der Waals surface area contributed by atoms with E-state index in [0.29, 0.717) is 13.0 Å². The number of ether oxygens (including phenoxy) is 1. The second-order valence-corrected chi connectivity index (χ2v) is 5.61. The quantitative estimate of drug-likeness (QED) is 0.566. The lowest BCUT2D eigenvalue weighted by molar-refractivity contribution is -0.0759. The Morgan fingerprint density at radius 2 is 1.78 bits per heavy atom. The van der Waals surface area contributed by atoms with Crippen LogP contribution in [0.15, 0.2) is 29.2 Å². The minimum absolute atomic E-state index is 0.161. The predicted molar refractivity (Wildman–Crippen MR) is 69.8 cm³/mol. The van der Waals surface area contributed by atoms with Crippen molar-refractivity contribution < 1.29 is 17.3 Å². The monoisotopic (exact) mass is 272 g/mol. The van der Waals surface area contributed by atoms with Crippen molar-refractivity contribution >= 4 is 10.1 Å². The van der Waals surface area contributed by atoms with Crippen molar-refractivity contribution in [1.82, 2.24) is 0 Å². The summed E-state index contributed by atoms with van der Waals surface area (Å²) in [4.78, 5) is 0.161. The van der Waals surface area contributed by atoms with Gasteiger partial charge in [-0.2, -0.15) is 8.42 Å². The molecule has 0 aliphatic rings. The summed E-state index contributed by atoms with van der Waals surface area (Å²) in [5.41, 5.74) is 1.00. The summed E-state index contributed by atoms with van der Waals surface area (Å²) >= 11 is 0.